The Morgan fingerprint density at radius 1 is 1.44 bits per heavy atom. The summed E-state index contributed by atoms with van der Waals surface area (Å²) < 4.78 is 8.24. The quantitative estimate of drug-likeness (QED) is 0.514. The Morgan fingerprint density at radius 2 is 2.20 bits per heavy atom. The summed E-state index contributed by atoms with van der Waals surface area (Å²) in [7, 11) is 3.09. The molecule has 1 amide bonds. The van der Waals surface area contributed by atoms with Gasteiger partial charge < -0.3 is 15.8 Å². The van der Waals surface area contributed by atoms with E-state index in [4.69, 9.17) is 10.5 Å². The lowest BCUT2D eigenvalue weighted by atomic mass is 10.1. The van der Waals surface area contributed by atoms with Crippen LogP contribution < -0.4 is 21.2 Å². The molecule has 0 saturated heterocycles. The fourth-order valence-corrected chi connectivity index (χ4v) is 2.78. The van der Waals surface area contributed by atoms with Crippen LogP contribution in [0, 0.1) is 6.92 Å². The second-order valence-corrected chi connectivity index (χ2v) is 5.76. The molecule has 8 nitrogen and oxygen atoms in total. The van der Waals surface area contributed by atoms with E-state index in [0.717, 1.165) is 5.56 Å². The molecule has 0 bridgehead atoms. The van der Waals surface area contributed by atoms with E-state index in [1.807, 2.05) is 13.0 Å². The monoisotopic (exact) mass is 342 g/mol. The molecule has 0 atom stereocenters. The number of rotatable bonds is 4. The Kier molecular flexibility index (Phi) is 4.37. The molecule has 0 spiro atoms. The summed E-state index contributed by atoms with van der Waals surface area (Å²) in [5.74, 6) is -0.119. The zero-order valence-corrected chi connectivity index (χ0v) is 14.4. The van der Waals surface area contributed by atoms with Gasteiger partial charge in [0.15, 0.2) is 0 Å². The summed E-state index contributed by atoms with van der Waals surface area (Å²) in [6, 6.07) is 5.16. The van der Waals surface area contributed by atoms with Crippen LogP contribution in [-0.4, -0.2) is 36.1 Å². The van der Waals surface area contributed by atoms with E-state index >= 15 is 0 Å². The van der Waals surface area contributed by atoms with Crippen molar-refractivity contribution >= 4 is 28.4 Å². The summed E-state index contributed by atoms with van der Waals surface area (Å²) in [5.41, 5.74) is 8.04. The predicted molar refractivity (Wildman–Crippen MR) is 93.6 cm³/mol. The van der Waals surface area contributed by atoms with Gasteiger partial charge in [-0.05, 0) is 24.6 Å². The number of carbonyl (C=O) groups excluding carboxylic acids is 1. The number of nitrogens with one attached hydrogen (secondary N) is 1. The molecule has 3 aromatic heterocycles. The summed E-state index contributed by atoms with van der Waals surface area (Å²) in [6.07, 6.45) is 1.72. The summed E-state index contributed by atoms with van der Waals surface area (Å²) in [4.78, 5) is 29.7. The average Bonchev–Trinajstić information content (AvgIpc) is 2.61. The van der Waals surface area contributed by atoms with Gasteiger partial charge in [-0.15, -0.1) is 0 Å². The van der Waals surface area contributed by atoms with Crippen molar-refractivity contribution < 1.29 is 14.1 Å². The molecule has 0 radical (unpaired) electrons. The molecule has 0 aliphatic carbocycles. The lowest BCUT2D eigenvalue weighted by Crippen LogP contribution is -2.44. The van der Waals surface area contributed by atoms with Gasteiger partial charge in [0, 0.05) is 20.4 Å². The number of nitrogens with zero attached hydrogens (tertiary/aromatic N) is 3. The van der Waals surface area contributed by atoms with Crippen LogP contribution in [0.5, 0.6) is 0 Å². The number of aryl methyl sites for hydroxylation is 1. The first-order valence-electron chi connectivity index (χ1n) is 7.84. The molecular weight excluding hydrogens is 322 g/mol. The van der Waals surface area contributed by atoms with Crippen LogP contribution in [0.3, 0.4) is 0 Å². The minimum atomic E-state index is -0.362. The highest BCUT2D eigenvalue weighted by atomic mass is 16.5. The van der Waals surface area contributed by atoms with E-state index < -0.39 is 0 Å². The maximum absolute atomic E-state index is 12.9. The Morgan fingerprint density at radius 3 is 2.88 bits per heavy atom. The van der Waals surface area contributed by atoms with Crippen LogP contribution in [0.1, 0.15) is 15.9 Å². The second-order valence-electron chi connectivity index (χ2n) is 5.76. The molecule has 0 aliphatic rings. The Balaban J connectivity index is 2.45. The molecule has 130 valence electrons. The predicted octanol–water partition coefficient (Wildman–Crippen LogP) is 0.0318. The van der Waals surface area contributed by atoms with E-state index in [-0.39, 0.29) is 22.8 Å². The number of methoxy groups -OCH3 is 1. The number of amides is 1. The number of aromatic nitrogens is 3. The molecule has 0 aliphatic heterocycles. The van der Waals surface area contributed by atoms with Crippen LogP contribution in [0.15, 0.2) is 29.2 Å². The molecule has 3 N–H and O–H groups in total. The Bertz CT molecular complexity index is 1040. The maximum atomic E-state index is 12.9. The molecule has 0 aromatic carbocycles. The second kappa shape index (κ2) is 6.48. The van der Waals surface area contributed by atoms with E-state index in [1.165, 1.54) is 17.5 Å². The van der Waals surface area contributed by atoms with Crippen LogP contribution in [0.25, 0.3) is 16.7 Å². The molecule has 0 unspecified atom stereocenters. The first kappa shape index (κ1) is 16.8. The molecule has 0 saturated carbocycles. The SMILES string of the molecule is CNC(=O)c1cc2c(=O)n3cc(C)ccc3nc2[n+](CCOC)c1N. The fraction of sp³-hybridized carbons (Fsp3) is 0.294. The Hall–Kier alpha value is -3.00. The van der Waals surface area contributed by atoms with Gasteiger partial charge in [0.05, 0.1) is 13.2 Å². The number of ether oxygens (including phenoxy) is 1. The number of hydrogen-bond acceptors (Lipinski definition) is 5. The average molecular weight is 342 g/mol. The highest BCUT2D eigenvalue weighted by Crippen LogP contribution is 2.14. The fourth-order valence-electron chi connectivity index (χ4n) is 2.78. The van der Waals surface area contributed by atoms with E-state index in [9.17, 15) is 9.59 Å². The zero-order chi connectivity index (χ0) is 18.1. The number of anilines is 1. The molecule has 3 heterocycles. The van der Waals surface area contributed by atoms with Gasteiger partial charge in [0.2, 0.25) is 11.5 Å². The summed E-state index contributed by atoms with van der Waals surface area (Å²) in [6.45, 7) is 2.64. The van der Waals surface area contributed by atoms with Crippen molar-refractivity contribution in [3.63, 3.8) is 0 Å². The largest absolute Gasteiger partial charge is 0.381 e. The van der Waals surface area contributed by atoms with Crippen LogP contribution in [-0.2, 0) is 11.3 Å². The first-order chi connectivity index (χ1) is 12.0. The van der Waals surface area contributed by atoms with Gasteiger partial charge >= 0.3 is 0 Å². The van der Waals surface area contributed by atoms with Crippen molar-refractivity contribution in [2.75, 3.05) is 26.5 Å². The van der Waals surface area contributed by atoms with Crippen molar-refractivity contribution in [3.05, 3.63) is 45.9 Å². The number of hydrogen-bond donors (Lipinski definition) is 2. The number of nitrogen functional groups attached to an aromatic ring is 1. The number of nitrogens with two attached hydrogens (primary N) is 1. The molecule has 3 aromatic rings. The van der Waals surface area contributed by atoms with E-state index in [1.54, 1.807) is 23.9 Å². The highest BCUT2D eigenvalue weighted by Gasteiger charge is 2.23. The van der Waals surface area contributed by atoms with E-state index in [0.29, 0.717) is 29.8 Å². The smallest absolute Gasteiger partial charge is 0.278 e. The van der Waals surface area contributed by atoms with E-state index in [2.05, 4.69) is 10.3 Å². The van der Waals surface area contributed by atoms with Crippen molar-refractivity contribution in [1.82, 2.24) is 14.7 Å². The molecule has 25 heavy (non-hydrogen) atoms. The third kappa shape index (κ3) is 2.80. The van der Waals surface area contributed by atoms with Crippen LogP contribution in [0.2, 0.25) is 0 Å². The molecule has 3 rings (SSSR count). The van der Waals surface area contributed by atoms with Crippen molar-refractivity contribution in [2.45, 2.75) is 13.5 Å². The lowest BCUT2D eigenvalue weighted by Gasteiger charge is -2.11. The van der Waals surface area contributed by atoms with Crippen molar-refractivity contribution in [2.24, 2.45) is 0 Å². The summed E-state index contributed by atoms with van der Waals surface area (Å²) in [5, 5.41) is 2.87. The van der Waals surface area contributed by atoms with Gasteiger partial charge in [-0.1, -0.05) is 11.1 Å². The highest BCUT2D eigenvalue weighted by molar-refractivity contribution is 6.00. The number of fused-ring (bicyclic) bond motifs is 2. The van der Waals surface area contributed by atoms with Crippen LogP contribution >= 0.6 is 0 Å². The normalized spacial score (nSPS) is 11.2. The zero-order valence-electron chi connectivity index (χ0n) is 14.4. The number of carbonyl (C=O) groups is 1. The topological polar surface area (TPSA) is 103 Å². The first-order valence-corrected chi connectivity index (χ1v) is 7.84. The van der Waals surface area contributed by atoms with Gasteiger partial charge in [-0.2, -0.15) is 0 Å². The lowest BCUT2D eigenvalue weighted by molar-refractivity contribution is -0.660. The number of pyridine rings is 2. The third-order valence-electron chi connectivity index (χ3n) is 4.09. The molecular formula is C17H20N5O3+. The Labute approximate surface area is 143 Å². The third-order valence-corrected chi connectivity index (χ3v) is 4.09. The van der Waals surface area contributed by atoms with Crippen molar-refractivity contribution in [3.8, 4) is 0 Å². The minimum Gasteiger partial charge on any atom is -0.381 e. The maximum Gasteiger partial charge on any atom is 0.278 e. The van der Waals surface area contributed by atoms with Crippen molar-refractivity contribution in [1.29, 1.82) is 0 Å². The van der Waals surface area contributed by atoms with Gasteiger partial charge in [0.1, 0.15) is 10.9 Å². The standard InChI is InChI=1S/C17H19N5O3/c1-10-4-5-13-20-15-12(17(24)22(13)9-10)8-11(16(23)19-2)14(18)21(15)6-7-25-3/h4-5,8-9,18H,6-7H2,1-3H3,(H,19,23)/p+1. The van der Waals surface area contributed by atoms with Gasteiger partial charge in [0.25, 0.3) is 17.1 Å². The minimum absolute atomic E-state index is 0.234. The van der Waals surface area contributed by atoms with Gasteiger partial charge in [-0.3, -0.25) is 14.0 Å². The van der Waals surface area contributed by atoms with Crippen LogP contribution in [0.4, 0.5) is 5.82 Å². The van der Waals surface area contributed by atoms with Gasteiger partial charge in [-0.25, -0.2) is 4.57 Å². The summed E-state index contributed by atoms with van der Waals surface area (Å²) >= 11 is 0. The molecule has 8 heteroatoms. The molecule has 0 fully saturated rings.